The van der Waals surface area contributed by atoms with Crippen LogP contribution in [0.3, 0.4) is 0 Å². The Morgan fingerprint density at radius 1 is 0.810 bits per heavy atom. The SMILES string of the molecule is Nc1cc2ccc(S(=O)(=O)O)cc2cc1S(=O)(=O)O.[Na].[Na]. The van der Waals surface area contributed by atoms with E-state index in [1.807, 2.05) is 0 Å². The fourth-order valence-electron chi connectivity index (χ4n) is 1.66. The molecule has 0 heterocycles. The van der Waals surface area contributed by atoms with Gasteiger partial charge in [-0.3, -0.25) is 9.11 Å². The molecule has 0 aliphatic heterocycles. The third kappa shape index (κ3) is 4.90. The predicted molar refractivity (Wildman–Crippen MR) is 79.5 cm³/mol. The zero-order valence-corrected chi connectivity index (χ0v) is 16.9. The summed E-state index contributed by atoms with van der Waals surface area (Å²) in [5, 5.41) is 0.675. The molecule has 0 aliphatic rings. The van der Waals surface area contributed by atoms with Crippen LogP contribution in [0.1, 0.15) is 0 Å². The van der Waals surface area contributed by atoms with E-state index in [9.17, 15) is 16.8 Å². The van der Waals surface area contributed by atoms with Gasteiger partial charge in [-0.1, -0.05) is 6.07 Å². The summed E-state index contributed by atoms with van der Waals surface area (Å²) in [6.45, 7) is 0. The van der Waals surface area contributed by atoms with Gasteiger partial charge in [-0.2, -0.15) is 16.8 Å². The maximum Gasteiger partial charge on any atom is 0.296 e. The van der Waals surface area contributed by atoms with Gasteiger partial charge in [0.1, 0.15) is 4.90 Å². The van der Waals surface area contributed by atoms with Gasteiger partial charge < -0.3 is 5.73 Å². The first-order valence-electron chi connectivity index (χ1n) is 4.87. The van der Waals surface area contributed by atoms with Crippen LogP contribution in [0, 0.1) is 0 Å². The third-order valence-corrected chi connectivity index (χ3v) is 4.28. The first-order chi connectivity index (χ1) is 8.59. The standard InChI is InChI=1S/C10H9NO6S2.2Na/c11-9-4-6-1-2-8(18(12,13)14)3-7(6)5-10(9)19(15,16)17;;/h1-5H,11H2,(H,12,13,14)(H,15,16,17);;. The summed E-state index contributed by atoms with van der Waals surface area (Å²) in [6, 6.07) is 5.92. The monoisotopic (exact) mass is 349 g/mol. The maximum atomic E-state index is 11.1. The summed E-state index contributed by atoms with van der Waals surface area (Å²) >= 11 is 0. The molecule has 0 aromatic heterocycles. The summed E-state index contributed by atoms with van der Waals surface area (Å²) in [6.07, 6.45) is 0. The van der Waals surface area contributed by atoms with Crippen molar-refractivity contribution in [2.45, 2.75) is 9.79 Å². The molecule has 2 aromatic carbocycles. The Kier molecular flexibility index (Phi) is 7.37. The molecule has 4 N–H and O–H groups in total. The molecule has 7 nitrogen and oxygen atoms in total. The van der Waals surface area contributed by atoms with Crippen LogP contribution < -0.4 is 5.73 Å². The smallest absolute Gasteiger partial charge is 0.296 e. The molecule has 104 valence electrons. The molecule has 0 saturated carbocycles. The first-order valence-corrected chi connectivity index (χ1v) is 7.75. The summed E-state index contributed by atoms with van der Waals surface area (Å²) in [5.74, 6) is 0. The molecule has 0 amide bonds. The van der Waals surface area contributed by atoms with E-state index in [1.165, 1.54) is 12.1 Å². The minimum Gasteiger partial charge on any atom is -0.398 e. The fraction of sp³-hybridized carbons (Fsp3) is 0. The average Bonchev–Trinajstić information content (AvgIpc) is 2.24. The summed E-state index contributed by atoms with van der Waals surface area (Å²) in [7, 11) is -8.91. The molecule has 0 unspecified atom stereocenters. The quantitative estimate of drug-likeness (QED) is 0.399. The summed E-state index contributed by atoms with van der Waals surface area (Å²) in [4.78, 5) is -0.904. The van der Waals surface area contributed by atoms with Crippen molar-refractivity contribution in [1.82, 2.24) is 0 Å². The molecule has 11 heteroatoms. The van der Waals surface area contributed by atoms with E-state index in [0.717, 1.165) is 18.2 Å². The number of fused-ring (bicyclic) bond motifs is 1. The van der Waals surface area contributed by atoms with Gasteiger partial charge in [-0.05, 0) is 35.0 Å². The van der Waals surface area contributed by atoms with Crippen molar-refractivity contribution in [3.05, 3.63) is 30.3 Å². The van der Waals surface area contributed by atoms with Crippen LogP contribution in [0.4, 0.5) is 5.69 Å². The minimum atomic E-state index is -4.51. The summed E-state index contributed by atoms with van der Waals surface area (Å²) < 4.78 is 62.0. The molecule has 2 aromatic rings. The Bertz CT molecular complexity index is 880. The predicted octanol–water partition coefficient (Wildman–Crippen LogP) is 0.154. The average molecular weight is 349 g/mol. The molecule has 2 radical (unpaired) electrons. The normalized spacial score (nSPS) is 11.5. The van der Waals surface area contributed by atoms with Gasteiger partial charge in [-0.15, -0.1) is 0 Å². The number of hydrogen-bond acceptors (Lipinski definition) is 5. The van der Waals surface area contributed by atoms with Gasteiger partial charge in [0.25, 0.3) is 20.2 Å². The van der Waals surface area contributed by atoms with E-state index in [0.29, 0.717) is 5.39 Å². The van der Waals surface area contributed by atoms with Crippen LogP contribution in [0.2, 0.25) is 0 Å². The second-order valence-corrected chi connectivity index (χ2v) is 6.66. The number of benzene rings is 2. The molecular weight excluding hydrogens is 340 g/mol. The fourth-order valence-corrected chi connectivity index (χ4v) is 2.80. The van der Waals surface area contributed by atoms with E-state index >= 15 is 0 Å². The van der Waals surface area contributed by atoms with Gasteiger partial charge >= 0.3 is 0 Å². The van der Waals surface area contributed by atoms with Crippen molar-refractivity contribution in [3.8, 4) is 0 Å². The second-order valence-electron chi connectivity index (χ2n) is 3.85. The van der Waals surface area contributed by atoms with Crippen molar-refractivity contribution >= 4 is 95.8 Å². The Labute approximate surface area is 166 Å². The molecular formula is C10H9NNa2O6S2. The Balaban J connectivity index is 0.00000200. The van der Waals surface area contributed by atoms with E-state index in [2.05, 4.69) is 0 Å². The first kappa shape index (κ1) is 21.3. The van der Waals surface area contributed by atoms with Crippen molar-refractivity contribution in [2.75, 3.05) is 5.73 Å². The molecule has 0 atom stereocenters. The van der Waals surface area contributed by atoms with E-state index in [4.69, 9.17) is 14.8 Å². The molecule has 0 spiro atoms. The third-order valence-electron chi connectivity index (χ3n) is 2.52. The van der Waals surface area contributed by atoms with Crippen LogP contribution in [-0.4, -0.2) is 85.1 Å². The maximum absolute atomic E-state index is 11.1. The minimum absolute atomic E-state index is 0. The number of rotatable bonds is 2. The van der Waals surface area contributed by atoms with Crippen LogP contribution in [-0.2, 0) is 20.2 Å². The molecule has 0 aliphatic carbocycles. The molecule has 0 fully saturated rings. The van der Waals surface area contributed by atoms with E-state index in [-0.39, 0.29) is 75.1 Å². The summed E-state index contributed by atoms with van der Waals surface area (Å²) in [5.41, 5.74) is 5.33. The van der Waals surface area contributed by atoms with Gasteiger partial charge in [-0.25, -0.2) is 0 Å². The van der Waals surface area contributed by atoms with Crippen LogP contribution in [0.5, 0.6) is 0 Å². The van der Waals surface area contributed by atoms with Crippen molar-refractivity contribution in [3.63, 3.8) is 0 Å². The zero-order valence-electron chi connectivity index (χ0n) is 11.3. The zero-order chi connectivity index (χ0) is 14.4. The van der Waals surface area contributed by atoms with Crippen molar-refractivity contribution in [2.24, 2.45) is 0 Å². The number of hydrogen-bond donors (Lipinski definition) is 3. The number of nitrogens with two attached hydrogens (primary N) is 1. The van der Waals surface area contributed by atoms with Gasteiger partial charge in [0, 0.05) is 59.1 Å². The topological polar surface area (TPSA) is 135 Å². The molecule has 21 heavy (non-hydrogen) atoms. The van der Waals surface area contributed by atoms with Crippen LogP contribution in [0.25, 0.3) is 10.8 Å². The Hall–Kier alpha value is 0.320. The molecule has 2 rings (SSSR count). The largest absolute Gasteiger partial charge is 0.398 e. The van der Waals surface area contributed by atoms with Crippen molar-refractivity contribution < 1.29 is 25.9 Å². The Morgan fingerprint density at radius 3 is 1.86 bits per heavy atom. The van der Waals surface area contributed by atoms with Crippen molar-refractivity contribution in [1.29, 1.82) is 0 Å². The van der Waals surface area contributed by atoms with E-state index < -0.39 is 25.1 Å². The van der Waals surface area contributed by atoms with Gasteiger partial charge in [0.15, 0.2) is 0 Å². The molecule has 0 saturated heterocycles. The van der Waals surface area contributed by atoms with E-state index in [1.54, 1.807) is 0 Å². The van der Waals surface area contributed by atoms with Gasteiger partial charge in [0.2, 0.25) is 0 Å². The second kappa shape index (κ2) is 7.26. The Morgan fingerprint density at radius 2 is 1.38 bits per heavy atom. The van der Waals surface area contributed by atoms with Crippen LogP contribution in [0.15, 0.2) is 40.1 Å². The molecule has 0 bridgehead atoms. The number of anilines is 1. The van der Waals surface area contributed by atoms with Crippen LogP contribution >= 0.6 is 0 Å². The van der Waals surface area contributed by atoms with Gasteiger partial charge in [0.05, 0.1) is 10.6 Å². The number of nitrogen functional groups attached to an aromatic ring is 1.